The molecule has 3 aliphatic rings. The molecule has 4 atom stereocenters. The molecular formula is C23H19NO4. The zero-order valence-corrected chi connectivity index (χ0v) is 15.4. The maximum Gasteiger partial charge on any atom is 0.343 e. The molecule has 140 valence electrons. The summed E-state index contributed by atoms with van der Waals surface area (Å²) in [4.78, 5) is 39.7. The second-order valence-electron chi connectivity index (χ2n) is 7.77. The van der Waals surface area contributed by atoms with Gasteiger partial charge in [0.2, 0.25) is 11.8 Å². The summed E-state index contributed by atoms with van der Waals surface area (Å²) in [5.41, 5.74) is 1.72. The second kappa shape index (κ2) is 6.16. The first-order chi connectivity index (χ1) is 13.5. The summed E-state index contributed by atoms with van der Waals surface area (Å²) in [6, 6.07) is 13.8. The number of nitrogens with zero attached hydrogens (tertiary/aromatic N) is 1. The van der Waals surface area contributed by atoms with Crippen molar-refractivity contribution < 1.29 is 19.1 Å². The topological polar surface area (TPSA) is 63.7 Å². The van der Waals surface area contributed by atoms with Crippen LogP contribution in [0.3, 0.4) is 0 Å². The van der Waals surface area contributed by atoms with E-state index in [1.54, 1.807) is 36.4 Å². The van der Waals surface area contributed by atoms with Gasteiger partial charge in [0.25, 0.3) is 0 Å². The Kier molecular flexibility index (Phi) is 3.72. The van der Waals surface area contributed by atoms with Crippen molar-refractivity contribution >= 4 is 23.5 Å². The monoisotopic (exact) mass is 373 g/mol. The second-order valence-corrected chi connectivity index (χ2v) is 7.77. The van der Waals surface area contributed by atoms with E-state index in [0.717, 1.165) is 12.0 Å². The zero-order chi connectivity index (χ0) is 19.4. The standard InChI is InChI=1S/C23H19NO4/c1-13-4-2-7-18(10-13)28-23(27)16-5-3-6-17(12-16)24-21(25)19-14-8-9-15(11-14)20(19)22(24)26/h2-10,12,14-15,19-20H,11H2,1H3. The molecule has 0 N–H and O–H groups in total. The Hall–Kier alpha value is -3.21. The Morgan fingerprint density at radius 2 is 1.64 bits per heavy atom. The molecule has 2 aliphatic carbocycles. The van der Waals surface area contributed by atoms with Crippen molar-refractivity contribution in [3.05, 3.63) is 71.8 Å². The molecule has 5 nitrogen and oxygen atoms in total. The average Bonchev–Trinajstić information content (AvgIpc) is 3.36. The molecule has 2 aromatic rings. The van der Waals surface area contributed by atoms with E-state index in [2.05, 4.69) is 12.2 Å². The van der Waals surface area contributed by atoms with Crippen LogP contribution in [-0.2, 0) is 9.59 Å². The van der Waals surface area contributed by atoms with Crippen LogP contribution in [-0.4, -0.2) is 17.8 Å². The van der Waals surface area contributed by atoms with Crippen molar-refractivity contribution in [1.29, 1.82) is 0 Å². The number of fused-ring (bicyclic) bond motifs is 5. The highest BCUT2D eigenvalue weighted by Gasteiger charge is 2.59. The molecule has 1 saturated carbocycles. The van der Waals surface area contributed by atoms with Gasteiger partial charge in [-0.25, -0.2) is 9.69 Å². The predicted molar refractivity (Wildman–Crippen MR) is 103 cm³/mol. The number of imide groups is 1. The lowest BCUT2D eigenvalue weighted by Gasteiger charge is -2.18. The first kappa shape index (κ1) is 16.9. The SMILES string of the molecule is Cc1cccc(OC(=O)c2cccc(N3C(=O)C4C5C=CC(C5)C4C3=O)c2)c1. The molecular weight excluding hydrogens is 354 g/mol. The smallest absolute Gasteiger partial charge is 0.343 e. The first-order valence-corrected chi connectivity index (χ1v) is 9.48. The summed E-state index contributed by atoms with van der Waals surface area (Å²) in [5, 5.41) is 0. The Morgan fingerprint density at radius 3 is 2.32 bits per heavy atom. The minimum Gasteiger partial charge on any atom is -0.423 e. The number of benzene rings is 2. The lowest BCUT2D eigenvalue weighted by Crippen LogP contribution is -2.33. The van der Waals surface area contributed by atoms with Gasteiger partial charge in [0.1, 0.15) is 5.75 Å². The van der Waals surface area contributed by atoms with E-state index in [1.807, 2.05) is 19.1 Å². The largest absolute Gasteiger partial charge is 0.423 e. The summed E-state index contributed by atoms with van der Waals surface area (Å²) < 4.78 is 5.43. The normalized spacial score (nSPS) is 27.4. The van der Waals surface area contributed by atoms with Crippen molar-refractivity contribution in [2.45, 2.75) is 13.3 Å². The fraction of sp³-hybridized carbons (Fsp3) is 0.261. The van der Waals surface area contributed by atoms with Gasteiger partial charge in [0, 0.05) is 0 Å². The number of ether oxygens (including phenoxy) is 1. The van der Waals surface area contributed by atoms with Gasteiger partial charge in [-0.1, -0.05) is 30.4 Å². The number of allylic oxidation sites excluding steroid dienone is 2. The van der Waals surface area contributed by atoms with Gasteiger partial charge in [0.05, 0.1) is 23.1 Å². The van der Waals surface area contributed by atoms with Gasteiger partial charge in [-0.05, 0) is 61.1 Å². The van der Waals surface area contributed by atoms with Gasteiger partial charge < -0.3 is 4.74 Å². The zero-order valence-electron chi connectivity index (χ0n) is 15.4. The van der Waals surface area contributed by atoms with Gasteiger partial charge in [-0.15, -0.1) is 0 Å². The van der Waals surface area contributed by atoms with E-state index < -0.39 is 5.97 Å². The van der Waals surface area contributed by atoms with Crippen molar-refractivity contribution in [3.8, 4) is 5.75 Å². The maximum absolute atomic E-state index is 13.0. The van der Waals surface area contributed by atoms with Gasteiger partial charge in [-0.2, -0.15) is 0 Å². The highest BCUT2D eigenvalue weighted by atomic mass is 16.5. The Labute approximate surface area is 162 Å². The van der Waals surface area contributed by atoms with Crippen LogP contribution in [0.2, 0.25) is 0 Å². The number of anilines is 1. The maximum atomic E-state index is 13.0. The minimum atomic E-state index is -0.520. The average molecular weight is 373 g/mol. The molecule has 1 heterocycles. The fourth-order valence-electron chi connectivity index (χ4n) is 4.77. The van der Waals surface area contributed by atoms with Crippen LogP contribution in [0.15, 0.2) is 60.7 Å². The molecule has 2 bridgehead atoms. The van der Waals surface area contributed by atoms with Crippen molar-refractivity contribution in [2.75, 3.05) is 4.90 Å². The Balaban J connectivity index is 1.41. The molecule has 2 fully saturated rings. The predicted octanol–water partition coefficient (Wildman–Crippen LogP) is 3.53. The summed E-state index contributed by atoms with van der Waals surface area (Å²) in [6.45, 7) is 1.92. The summed E-state index contributed by atoms with van der Waals surface area (Å²) in [6.07, 6.45) is 5.02. The molecule has 1 aliphatic heterocycles. The van der Waals surface area contributed by atoms with Gasteiger partial charge in [0.15, 0.2) is 0 Å². The number of amides is 2. The summed E-state index contributed by atoms with van der Waals surface area (Å²) >= 11 is 0. The van der Waals surface area contributed by atoms with Crippen LogP contribution in [0.25, 0.3) is 0 Å². The molecule has 1 saturated heterocycles. The van der Waals surface area contributed by atoms with Crippen LogP contribution in [0.4, 0.5) is 5.69 Å². The Morgan fingerprint density at radius 1 is 0.964 bits per heavy atom. The number of aryl methyl sites for hydroxylation is 1. The molecule has 28 heavy (non-hydrogen) atoms. The number of carbonyl (C=O) groups is 3. The highest BCUT2D eigenvalue weighted by molar-refractivity contribution is 6.23. The highest BCUT2D eigenvalue weighted by Crippen LogP contribution is 2.53. The van der Waals surface area contributed by atoms with E-state index in [4.69, 9.17) is 4.74 Å². The molecule has 2 amide bonds. The lowest BCUT2D eigenvalue weighted by molar-refractivity contribution is -0.123. The van der Waals surface area contributed by atoms with Crippen molar-refractivity contribution in [3.63, 3.8) is 0 Å². The van der Waals surface area contributed by atoms with E-state index >= 15 is 0 Å². The van der Waals surface area contributed by atoms with Crippen LogP contribution < -0.4 is 9.64 Å². The molecule has 0 spiro atoms. The number of carbonyl (C=O) groups excluding carboxylic acids is 3. The summed E-state index contributed by atoms with van der Waals surface area (Å²) in [5.74, 6) is -0.575. The van der Waals surface area contributed by atoms with Crippen LogP contribution in [0, 0.1) is 30.6 Å². The molecule has 5 heteroatoms. The quantitative estimate of drug-likeness (QED) is 0.357. The number of esters is 1. The third kappa shape index (κ3) is 2.50. The van der Waals surface area contributed by atoms with Crippen molar-refractivity contribution in [1.82, 2.24) is 0 Å². The van der Waals surface area contributed by atoms with Crippen LogP contribution >= 0.6 is 0 Å². The molecule has 4 unspecified atom stereocenters. The first-order valence-electron chi connectivity index (χ1n) is 9.48. The minimum absolute atomic E-state index is 0.156. The van der Waals surface area contributed by atoms with Crippen molar-refractivity contribution in [2.24, 2.45) is 23.7 Å². The third-order valence-corrected chi connectivity index (χ3v) is 6.01. The van der Waals surface area contributed by atoms with E-state index in [0.29, 0.717) is 17.0 Å². The Bertz CT molecular complexity index is 1010. The molecule has 5 rings (SSSR count). The van der Waals surface area contributed by atoms with E-state index in [-0.39, 0.29) is 35.5 Å². The van der Waals surface area contributed by atoms with Crippen LogP contribution in [0.5, 0.6) is 5.75 Å². The number of hydrogen-bond acceptors (Lipinski definition) is 4. The van der Waals surface area contributed by atoms with Crippen LogP contribution in [0.1, 0.15) is 22.3 Å². The lowest BCUT2D eigenvalue weighted by atomic mass is 9.85. The molecule has 0 radical (unpaired) electrons. The van der Waals surface area contributed by atoms with Gasteiger partial charge >= 0.3 is 5.97 Å². The number of rotatable bonds is 3. The summed E-state index contributed by atoms with van der Waals surface area (Å²) in [7, 11) is 0. The van der Waals surface area contributed by atoms with E-state index in [9.17, 15) is 14.4 Å². The third-order valence-electron chi connectivity index (χ3n) is 6.01. The molecule has 0 aromatic heterocycles. The fourth-order valence-corrected chi connectivity index (χ4v) is 4.77. The number of hydrogen-bond donors (Lipinski definition) is 0. The molecule has 2 aromatic carbocycles. The van der Waals surface area contributed by atoms with E-state index in [1.165, 1.54) is 4.90 Å². The van der Waals surface area contributed by atoms with Gasteiger partial charge in [-0.3, -0.25) is 9.59 Å².